The van der Waals surface area contributed by atoms with Crippen molar-refractivity contribution in [3.8, 4) is 0 Å². The molecule has 0 radical (unpaired) electrons. The zero-order valence-corrected chi connectivity index (χ0v) is 16.3. The second kappa shape index (κ2) is 7.84. The molecule has 8 heteroatoms. The predicted octanol–water partition coefficient (Wildman–Crippen LogP) is 3.00. The molecule has 6 nitrogen and oxygen atoms in total. The van der Waals surface area contributed by atoms with Crippen LogP contribution in [-0.2, 0) is 23.8 Å². The lowest BCUT2D eigenvalue weighted by molar-refractivity contribution is 0.690. The van der Waals surface area contributed by atoms with Gasteiger partial charge in [-0.15, -0.1) is 0 Å². The number of aryl methyl sites for hydroxylation is 2. The van der Waals surface area contributed by atoms with Crippen molar-refractivity contribution in [2.75, 3.05) is 18.4 Å². The molecule has 0 saturated heterocycles. The molecule has 2 heterocycles. The molecule has 26 heavy (non-hydrogen) atoms. The van der Waals surface area contributed by atoms with Crippen LogP contribution >= 0.6 is 12.2 Å². The number of nitrogens with zero attached hydrogens (tertiary/aromatic N) is 3. The molecule has 4 aromatic rings. The summed E-state index contributed by atoms with van der Waals surface area (Å²) < 4.78 is 13.7. The van der Waals surface area contributed by atoms with E-state index in [4.69, 9.17) is 18.1 Å². The Bertz CT molecular complexity index is 1070. The van der Waals surface area contributed by atoms with Gasteiger partial charge in [0.05, 0.1) is 0 Å². The first-order chi connectivity index (χ1) is 12.5. The molecule has 0 amide bonds. The number of nitrogens with two attached hydrogens (primary N) is 1. The van der Waals surface area contributed by atoms with E-state index in [1.54, 1.807) is 12.5 Å². The van der Waals surface area contributed by atoms with Crippen LogP contribution < -0.4 is 5.84 Å². The minimum absolute atomic E-state index is 0.442. The third kappa shape index (κ3) is 3.71. The molecule has 0 saturated carbocycles. The molecule has 0 aliphatic rings. The zero-order valence-electron chi connectivity index (χ0n) is 14.7. The fraction of sp³-hybridized carbons (Fsp3) is 0.222. The first-order valence-corrected chi connectivity index (χ1v) is 10.5. The number of benzene rings is 2. The Morgan fingerprint density at radius 1 is 1.08 bits per heavy atom. The number of nitrogen functional groups attached to an aromatic ring is 1. The van der Waals surface area contributed by atoms with Crippen LogP contribution in [-0.4, -0.2) is 36.2 Å². The molecule has 0 aliphatic heterocycles. The van der Waals surface area contributed by atoms with E-state index < -0.39 is 10.8 Å². The van der Waals surface area contributed by atoms with Gasteiger partial charge in [-0.05, 0) is 24.4 Å². The fourth-order valence-corrected chi connectivity index (χ4v) is 3.12. The van der Waals surface area contributed by atoms with Gasteiger partial charge in [-0.3, -0.25) is 9.31 Å². The van der Waals surface area contributed by atoms with Gasteiger partial charge >= 0.3 is 0 Å². The third-order valence-corrected chi connectivity index (χ3v) is 4.30. The Labute approximate surface area is 159 Å². The van der Waals surface area contributed by atoms with Crippen LogP contribution in [0.1, 0.15) is 5.82 Å². The van der Waals surface area contributed by atoms with E-state index in [1.165, 1.54) is 26.5 Å². The number of aromatic nitrogens is 4. The van der Waals surface area contributed by atoms with E-state index in [0.717, 1.165) is 12.4 Å². The number of rotatable bonds is 3. The number of hydrogen-bond acceptors (Lipinski definition) is 4. The highest BCUT2D eigenvalue weighted by atomic mass is 32.2. The summed E-state index contributed by atoms with van der Waals surface area (Å²) in [5.74, 6) is 6.63. The van der Waals surface area contributed by atoms with Gasteiger partial charge in [-0.2, -0.15) is 5.10 Å². The highest BCUT2D eigenvalue weighted by Gasteiger charge is 2.11. The Hall–Kier alpha value is -2.45. The summed E-state index contributed by atoms with van der Waals surface area (Å²) in [5, 5.41) is 9.44. The van der Waals surface area contributed by atoms with Crippen LogP contribution in [0.3, 0.4) is 0 Å². The van der Waals surface area contributed by atoms with Gasteiger partial charge in [0, 0.05) is 58.1 Å². The topological polar surface area (TPSA) is 81.6 Å². The number of para-hydroxylation sites is 2. The average molecular weight is 388 g/mol. The van der Waals surface area contributed by atoms with Crippen LogP contribution in [0.4, 0.5) is 0 Å². The molecule has 0 aliphatic carbocycles. The van der Waals surface area contributed by atoms with E-state index in [1.807, 2.05) is 0 Å². The predicted molar refractivity (Wildman–Crippen MR) is 111 cm³/mol. The van der Waals surface area contributed by atoms with Gasteiger partial charge in [-0.1, -0.05) is 36.4 Å². The largest absolute Gasteiger partial charge is 0.340 e. The lowest BCUT2D eigenvalue weighted by Crippen LogP contribution is -2.14. The van der Waals surface area contributed by atoms with Crippen molar-refractivity contribution in [1.82, 2.24) is 19.4 Å². The van der Waals surface area contributed by atoms with Crippen LogP contribution in [0, 0.1) is 4.77 Å². The van der Waals surface area contributed by atoms with Gasteiger partial charge in [-0.25, -0.2) is 4.68 Å². The molecular weight excluding hydrogens is 366 g/mol. The zero-order chi connectivity index (χ0) is 18.7. The number of fused-ring (bicyclic) bond motifs is 3. The molecule has 0 bridgehead atoms. The lowest BCUT2D eigenvalue weighted by Gasteiger charge is -2.07. The van der Waals surface area contributed by atoms with Gasteiger partial charge < -0.3 is 10.4 Å². The molecule has 0 spiro atoms. The SMILES string of the molecule is CS(C)=O.Nn1c(CCn2c3ccccc3c3ccccc32)n[nH]c1=S. The van der Waals surface area contributed by atoms with Crippen molar-refractivity contribution in [1.29, 1.82) is 0 Å². The van der Waals surface area contributed by atoms with Crippen molar-refractivity contribution in [3.05, 3.63) is 59.1 Å². The van der Waals surface area contributed by atoms with E-state index in [9.17, 15) is 4.21 Å². The Morgan fingerprint density at radius 2 is 1.58 bits per heavy atom. The van der Waals surface area contributed by atoms with Crippen molar-refractivity contribution >= 4 is 44.8 Å². The summed E-state index contributed by atoms with van der Waals surface area (Å²) in [5.41, 5.74) is 2.45. The smallest absolute Gasteiger partial charge is 0.214 e. The normalized spacial score (nSPS) is 11.0. The van der Waals surface area contributed by atoms with Crippen LogP contribution in [0.2, 0.25) is 0 Å². The van der Waals surface area contributed by atoms with Crippen LogP contribution in [0.15, 0.2) is 48.5 Å². The highest BCUT2D eigenvalue weighted by molar-refractivity contribution is 7.83. The number of hydrogen-bond donors (Lipinski definition) is 2. The van der Waals surface area contributed by atoms with E-state index in [-0.39, 0.29) is 0 Å². The summed E-state index contributed by atoms with van der Waals surface area (Å²) in [6.45, 7) is 0.796. The number of aromatic amines is 1. The van der Waals surface area contributed by atoms with Gasteiger partial charge in [0.2, 0.25) is 4.77 Å². The van der Waals surface area contributed by atoms with Gasteiger partial charge in [0.1, 0.15) is 0 Å². The molecule has 2 aromatic carbocycles. The Kier molecular flexibility index (Phi) is 5.53. The highest BCUT2D eigenvalue weighted by Crippen LogP contribution is 2.28. The summed E-state index contributed by atoms with van der Waals surface area (Å²) in [7, 11) is -0.611. The average Bonchev–Trinajstić information content (AvgIpc) is 3.11. The minimum Gasteiger partial charge on any atom is -0.340 e. The summed E-state index contributed by atoms with van der Waals surface area (Å²) in [6, 6.07) is 16.9. The first kappa shape index (κ1) is 18.3. The maximum absolute atomic E-state index is 9.56. The Morgan fingerprint density at radius 3 is 2.04 bits per heavy atom. The maximum Gasteiger partial charge on any atom is 0.214 e. The van der Waals surface area contributed by atoms with Crippen molar-refractivity contribution < 1.29 is 4.21 Å². The standard InChI is InChI=1S/C16H15N5S.C2H6OS/c17-21-15(18-19-16(21)22)9-10-20-13-7-3-1-5-11(13)12-6-2-4-8-14(12)20;1-4(2)3/h1-8H,9-10,17H2,(H,19,22);1-2H3. The molecule has 0 fully saturated rings. The molecule has 136 valence electrons. The van der Waals surface area contributed by atoms with E-state index in [0.29, 0.717) is 11.2 Å². The molecule has 2 aromatic heterocycles. The van der Waals surface area contributed by atoms with Crippen molar-refractivity contribution in [2.24, 2.45) is 0 Å². The van der Waals surface area contributed by atoms with E-state index >= 15 is 0 Å². The van der Waals surface area contributed by atoms with Gasteiger partial charge in [0.25, 0.3) is 0 Å². The summed E-state index contributed by atoms with van der Waals surface area (Å²) >= 11 is 5.06. The number of H-pyrrole nitrogens is 1. The molecule has 3 N–H and O–H groups in total. The fourth-order valence-electron chi connectivity index (χ4n) is 2.97. The second-order valence-electron chi connectivity index (χ2n) is 5.99. The van der Waals surface area contributed by atoms with Crippen LogP contribution in [0.25, 0.3) is 21.8 Å². The molecule has 0 atom stereocenters. The maximum atomic E-state index is 9.56. The van der Waals surface area contributed by atoms with Crippen molar-refractivity contribution in [2.45, 2.75) is 13.0 Å². The van der Waals surface area contributed by atoms with Crippen molar-refractivity contribution in [3.63, 3.8) is 0 Å². The number of nitrogens with one attached hydrogen (secondary N) is 1. The Balaban J connectivity index is 0.000000447. The molecular formula is C18H21N5OS2. The monoisotopic (exact) mass is 387 g/mol. The summed E-state index contributed by atoms with van der Waals surface area (Å²) in [4.78, 5) is 0. The molecule has 0 unspecified atom stereocenters. The quantitative estimate of drug-likeness (QED) is 0.418. The molecule has 4 rings (SSSR count). The third-order valence-electron chi connectivity index (χ3n) is 4.02. The second-order valence-corrected chi connectivity index (χ2v) is 7.86. The van der Waals surface area contributed by atoms with E-state index in [2.05, 4.69) is 63.3 Å². The van der Waals surface area contributed by atoms with Crippen LogP contribution in [0.5, 0.6) is 0 Å². The minimum atomic E-state index is -0.611. The first-order valence-electron chi connectivity index (χ1n) is 8.11. The lowest BCUT2D eigenvalue weighted by atomic mass is 10.2. The van der Waals surface area contributed by atoms with Gasteiger partial charge in [0.15, 0.2) is 5.82 Å². The summed E-state index contributed by atoms with van der Waals surface area (Å²) in [6.07, 6.45) is 3.99.